The summed E-state index contributed by atoms with van der Waals surface area (Å²) in [4.78, 5) is 23.2. The molecule has 2 N–H and O–H groups in total. The number of carbonyl (C=O) groups is 2. The van der Waals surface area contributed by atoms with E-state index in [1.54, 1.807) is 20.0 Å². The highest BCUT2D eigenvalue weighted by Crippen LogP contribution is 2.17. The van der Waals surface area contributed by atoms with Crippen molar-refractivity contribution in [3.63, 3.8) is 0 Å². The SMILES string of the molecule is Cc1ccc(CCCCC(=O)Nc2cnn(C(C)(C)C(=O)O)c2)cc1. The number of nitrogens with zero attached hydrogens (tertiary/aromatic N) is 2. The number of benzene rings is 1. The van der Waals surface area contributed by atoms with E-state index in [4.69, 9.17) is 0 Å². The molecule has 0 spiro atoms. The van der Waals surface area contributed by atoms with Crippen molar-refractivity contribution in [2.24, 2.45) is 0 Å². The summed E-state index contributed by atoms with van der Waals surface area (Å²) in [6, 6.07) is 8.43. The second-order valence-corrected chi connectivity index (χ2v) is 6.78. The molecule has 1 aromatic heterocycles. The van der Waals surface area contributed by atoms with Crippen LogP contribution in [0, 0.1) is 6.92 Å². The van der Waals surface area contributed by atoms with E-state index < -0.39 is 11.5 Å². The summed E-state index contributed by atoms with van der Waals surface area (Å²) in [5, 5.41) is 16.0. The quantitative estimate of drug-likeness (QED) is 0.720. The minimum atomic E-state index is -1.16. The van der Waals surface area contributed by atoms with Crippen LogP contribution >= 0.6 is 0 Å². The molecule has 0 radical (unpaired) electrons. The van der Waals surface area contributed by atoms with E-state index in [1.165, 1.54) is 22.0 Å². The Hall–Kier alpha value is -2.63. The number of carboxylic acids is 1. The van der Waals surface area contributed by atoms with Gasteiger partial charge in [-0.05, 0) is 45.6 Å². The first-order valence-corrected chi connectivity index (χ1v) is 8.43. The first-order valence-electron chi connectivity index (χ1n) is 8.43. The average molecular weight is 343 g/mol. The number of carbonyl (C=O) groups excluding carboxylic acids is 1. The third-order valence-corrected chi connectivity index (χ3v) is 4.20. The van der Waals surface area contributed by atoms with Crippen molar-refractivity contribution in [1.82, 2.24) is 9.78 Å². The maximum atomic E-state index is 12.0. The molecule has 0 atom stereocenters. The summed E-state index contributed by atoms with van der Waals surface area (Å²) in [6.07, 6.45) is 6.14. The molecule has 0 aliphatic heterocycles. The van der Waals surface area contributed by atoms with E-state index in [1.807, 2.05) is 0 Å². The summed E-state index contributed by atoms with van der Waals surface area (Å²) in [6.45, 7) is 5.17. The van der Waals surface area contributed by atoms with Gasteiger partial charge in [0, 0.05) is 12.6 Å². The van der Waals surface area contributed by atoms with Gasteiger partial charge in [0.05, 0.1) is 11.9 Å². The fourth-order valence-corrected chi connectivity index (χ4v) is 2.38. The van der Waals surface area contributed by atoms with Crippen LogP contribution in [0.15, 0.2) is 36.7 Å². The van der Waals surface area contributed by atoms with Gasteiger partial charge in [0.2, 0.25) is 5.91 Å². The molecule has 6 nitrogen and oxygen atoms in total. The van der Waals surface area contributed by atoms with Crippen molar-refractivity contribution in [3.8, 4) is 0 Å². The van der Waals surface area contributed by atoms with Gasteiger partial charge in [-0.15, -0.1) is 0 Å². The van der Waals surface area contributed by atoms with Gasteiger partial charge in [-0.3, -0.25) is 9.48 Å². The van der Waals surface area contributed by atoms with Gasteiger partial charge in [0.15, 0.2) is 5.54 Å². The lowest BCUT2D eigenvalue weighted by Crippen LogP contribution is -2.35. The first kappa shape index (κ1) is 18.7. The molecule has 0 fully saturated rings. The van der Waals surface area contributed by atoms with Crippen molar-refractivity contribution in [3.05, 3.63) is 47.8 Å². The molecule has 1 amide bonds. The van der Waals surface area contributed by atoms with Crippen LogP contribution in [0.3, 0.4) is 0 Å². The number of carboxylic acid groups (broad SMARTS) is 1. The van der Waals surface area contributed by atoms with Crippen LogP contribution in [0.4, 0.5) is 5.69 Å². The summed E-state index contributed by atoms with van der Waals surface area (Å²) in [5.74, 6) is -1.07. The Balaban J connectivity index is 1.76. The summed E-state index contributed by atoms with van der Waals surface area (Å²) < 4.78 is 1.34. The molecule has 0 saturated carbocycles. The number of unbranched alkanes of at least 4 members (excludes halogenated alkanes) is 1. The van der Waals surface area contributed by atoms with Crippen LogP contribution in [0.5, 0.6) is 0 Å². The molecule has 0 bridgehead atoms. The monoisotopic (exact) mass is 343 g/mol. The van der Waals surface area contributed by atoms with Gasteiger partial charge >= 0.3 is 5.97 Å². The minimum Gasteiger partial charge on any atom is -0.479 e. The Kier molecular flexibility index (Phi) is 5.96. The fourth-order valence-electron chi connectivity index (χ4n) is 2.38. The van der Waals surface area contributed by atoms with Gasteiger partial charge < -0.3 is 10.4 Å². The molecule has 0 aliphatic carbocycles. The van der Waals surface area contributed by atoms with Crippen molar-refractivity contribution < 1.29 is 14.7 Å². The zero-order chi connectivity index (χ0) is 18.4. The molecule has 6 heteroatoms. The van der Waals surface area contributed by atoms with Crippen LogP contribution in [0.25, 0.3) is 0 Å². The molecular formula is C19H25N3O3. The van der Waals surface area contributed by atoms with Crippen LogP contribution in [-0.2, 0) is 21.5 Å². The standard InChI is InChI=1S/C19H25N3O3/c1-14-8-10-15(11-9-14)6-4-5-7-17(23)21-16-12-20-22(13-16)19(2,3)18(24)25/h8-13H,4-7H2,1-3H3,(H,21,23)(H,24,25). The number of hydrogen-bond donors (Lipinski definition) is 2. The Morgan fingerprint density at radius 2 is 1.88 bits per heavy atom. The molecule has 1 aromatic carbocycles. The van der Waals surface area contributed by atoms with E-state index >= 15 is 0 Å². The molecule has 1 heterocycles. The van der Waals surface area contributed by atoms with Gasteiger partial charge in [0.1, 0.15) is 0 Å². The highest BCUT2D eigenvalue weighted by Gasteiger charge is 2.30. The maximum absolute atomic E-state index is 12.0. The lowest BCUT2D eigenvalue weighted by molar-refractivity contribution is -0.146. The second-order valence-electron chi connectivity index (χ2n) is 6.78. The van der Waals surface area contributed by atoms with Gasteiger partial charge in [0.25, 0.3) is 0 Å². The van der Waals surface area contributed by atoms with Crippen LogP contribution in [-0.4, -0.2) is 26.8 Å². The average Bonchev–Trinajstić information content (AvgIpc) is 3.02. The largest absolute Gasteiger partial charge is 0.479 e. The van der Waals surface area contributed by atoms with E-state index in [0.29, 0.717) is 12.1 Å². The summed E-state index contributed by atoms with van der Waals surface area (Å²) in [7, 11) is 0. The van der Waals surface area contributed by atoms with E-state index in [-0.39, 0.29) is 5.91 Å². The number of rotatable bonds is 8. The van der Waals surface area contributed by atoms with Crippen molar-refractivity contribution in [2.45, 2.75) is 52.0 Å². The summed E-state index contributed by atoms with van der Waals surface area (Å²) >= 11 is 0. The van der Waals surface area contributed by atoms with Crippen molar-refractivity contribution in [2.75, 3.05) is 5.32 Å². The molecule has 2 aromatic rings. The summed E-state index contributed by atoms with van der Waals surface area (Å²) in [5.41, 5.74) is 1.88. The molecule has 2 rings (SSSR count). The number of nitrogens with one attached hydrogen (secondary N) is 1. The number of aromatic nitrogens is 2. The first-order chi connectivity index (χ1) is 11.8. The van der Waals surface area contributed by atoms with E-state index in [2.05, 4.69) is 41.6 Å². The maximum Gasteiger partial charge on any atom is 0.331 e. The Morgan fingerprint density at radius 1 is 1.20 bits per heavy atom. The molecule has 0 unspecified atom stereocenters. The number of amides is 1. The van der Waals surface area contributed by atoms with E-state index in [0.717, 1.165) is 19.3 Å². The van der Waals surface area contributed by atoms with Gasteiger partial charge in [-0.2, -0.15) is 5.10 Å². The number of aryl methyl sites for hydroxylation is 2. The zero-order valence-corrected chi connectivity index (χ0v) is 15.0. The van der Waals surface area contributed by atoms with Crippen molar-refractivity contribution in [1.29, 1.82) is 0 Å². The highest BCUT2D eigenvalue weighted by atomic mass is 16.4. The highest BCUT2D eigenvalue weighted by molar-refractivity contribution is 5.90. The fraction of sp³-hybridized carbons (Fsp3) is 0.421. The van der Waals surface area contributed by atoms with Crippen LogP contribution < -0.4 is 5.32 Å². The third-order valence-electron chi connectivity index (χ3n) is 4.20. The zero-order valence-electron chi connectivity index (χ0n) is 15.0. The predicted molar refractivity (Wildman–Crippen MR) is 96.5 cm³/mol. The normalized spacial score (nSPS) is 11.3. The second kappa shape index (κ2) is 7.96. The lowest BCUT2D eigenvalue weighted by Gasteiger charge is -2.19. The van der Waals surface area contributed by atoms with Crippen LogP contribution in [0.2, 0.25) is 0 Å². The minimum absolute atomic E-state index is 0.0865. The molecule has 25 heavy (non-hydrogen) atoms. The molecular weight excluding hydrogens is 318 g/mol. The topological polar surface area (TPSA) is 84.2 Å². The number of hydrogen-bond acceptors (Lipinski definition) is 3. The third kappa shape index (κ3) is 5.17. The van der Waals surface area contributed by atoms with Crippen molar-refractivity contribution >= 4 is 17.6 Å². The van der Waals surface area contributed by atoms with Gasteiger partial charge in [-0.25, -0.2) is 4.79 Å². The molecule has 134 valence electrons. The Labute approximate surface area is 147 Å². The molecule has 0 aliphatic rings. The van der Waals surface area contributed by atoms with Crippen LogP contribution in [0.1, 0.15) is 44.2 Å². The molecule has 0 saturated heterocycles. The number of aliphatic carboxylic acids is 1. The Bertz CT molecular complexity index is 733. The lowest BCUT2D eigenvalue weighted by atomic mass is 10.1. The predicted octanol–water partition coefficient (Wildman–Crippen LogP) is 3.36. The Morgan fingerprint density at radius 3 is 2.52 bits per heavy atom. The van der Waals surface area contributed by atoms with Gasteiger partial charge in [-0.1, -0.05) is 29.8 Å². The number of anilines is 1. The van der Waals surface area contributed by atoms with E-state index in [9.17, 15) is 14.7 Å². The smallest absolute Gasteiger partial charge is 0.331 e.